The molecule has 0 spiro atoms. The highest BCUT2D eigenvalue weighted by Gasteiger charge is 2.24. The Morgan fingerprint density at radius 1 is 1.50 bits per heavy atom. The molecule has 0 aliphatic carbocycles. The molecule has 1 aliphatic rings. The van der Waals surface area contributed by atoms with Gasteiger partial charge in [-0.3, -0.25) is 10.1 Å². The molecule has 0 radical (unpaired) electrons. The first-order valence-electron chi connectivity index (χ1n) is 8.59. The Labute approximate surface area is 147 Å². The van der Waals surface area contributed by atoms with Crippen molar-refractivity contribution in [3.63, 3.8) is 0 Å². The standard InChI is InChI=1S/C17H26N6S/c1-13(10-15-4-3-9-24-15)11-19-17(18-2)23-7-5-14(6-8-23)16-20-12-21-22-16/h3-4,9,12-14H,5-8,10-11H2,1-2H3,(H,18,19)(H,20,21,22). The van der Waals surface area contributed by atoms with E-state index >= 15 is 0 Å². The molecule has 1 saturated heterocycles. The van der Waals surface area contributed by atoms with Gasteiger partial charge in [-0.05, 0) is 36.6 Å². The van der Waals surface area contributed by atoms with Crippen LogP contribution in [0.25, 0.3) is 0 Å². The minimum absolute atomic E-state index is 0.486. The number of aromatic nitrogens is 3. The molecule has 24 heavy (non-hydrogen) atoms. The molecule has 1 fully saturated rings. The SMILES string of the molecule is CN=C(NCC(C)Cc1cccs1)N1CCC(c2ncn[nH]2)CC1. The lowest BCUT2D eigenvalue weighted by Crippen LogP contribution is -2.46. The summed E-state index contributed by atoms with van der Waals surface area (Å²) < 4.78 is 0. The van der Waals surface area contributed by atoms with E-state index < -0.39 is 0 Å². The first-order valence-corrected chi connectivity index (χ1v) is 9.47. The fraction of sp³-hybridized carbons (Fsp3) is 0.588. The predicted molar refractivity (Wildman–Crippen MR) is 98.5 cm³/mol. The van der Waals surface area contributed by atoms with E-state index in [-0.39, 0.29) is 0 Å². The number of guanidine groups is 1. The van der Waals surface area contributed by atoms with Crippen molar-refractivity contribution in [1.29, 1.82) is 0 Å². The van der Waals surface area contributed by atoms with Crippen LogP contribution in [0.2, 0.25) is 0 Å². The van der Waals surface area contributed by atoms with Crippen LogP contribution >= 0.6 is 11.3 Å². The van der Waals surface area contributed by atoms with Gasteiger partial charge in [-0.25, -0.2) is 4.98 Å². The van der Waals surface area contributed by atoms with E-state index in [2.05, 4.69) is 54.8 Å². The molecular formula is C17H26N6S. The number of nitrogens with one attached hydrogen (secondary N) is 2. The fourth-order valence-corrected chi connectivity index (χ4v) is 4.09. The van der Waals surface area contributed by atoms with E-state index in [0.717, 1.165) is 50.7 Å². The van der Waals surface area contributed by atoms with Crippen molar-refractivity contribution >= 4 is 17.3 Å². The lowest BCUT2D eigenvalue weighted by atomic mass is 9.96. The molecule has 2 aromatic rings. The normalized spacial score (nSPS) is 17.9. The Hall–Kier alpha value is -1.89. The molecule has 1 unspecified atom stereocenters. The van der Waals surface area contributed by atoms with Crippen LogP contribution in [0.15, 0.2) is 28.8 Å². The van der Waals surface area contributed by atoms with Crippen molar-refractivity contribution in [3.05, 3.63) is 34.5 Å². The summed E-state index contributed by atoms with van der Waals surface area (Å²) in [6, 6.07) is 4.34. The molecule has 0 bridgehead atoms. The summed E-state index contributed by atoms with van der Waals surface area (Å²) in [6.45, 7) is 5.25. The van der Waals surface area contributed by atoms with E-state index in [4.69, 9.17) is 0 Å². The maximum Gasteiger partial charge on any atom is 0.193 e. The minimum atomic E-state index is 0.486. The average molecular weight is 347 g/mol. The minimum Gasteiger partial charge on any atom is -0.356 e. The molecule has 7 heteroatoms. The number of rotatable bonds is 5. The molecule has 2 aromatic heterocycles. The molecule has 130 valence electrons. The number of H-pyrrole nitrogens is 1. The molecule has 1 atom stereocenters. The van der Waals surface area contributed by atoms with Crippen LogP contribution in [0.3, 0.4) is 0 Å². The van der Waals surface area contributed by atoms with Crippen molar-refractivity contribution in [2.75, 3.05) is 26.7 Å². The Balaban J connectivity index is 1.45. The highest BCUT2D eigenvalue weighted by Crippen LogP contribution is 2.24. The summed E-state index contributed by atoms with van der Waals surface area (Å²) in [6.07, 6.45) is 4.88. The smallest absolute Gasteiger partial charge is 0.193 e. The Morgan fingerprint density at radius 3 is 2.96 bits per heavy atom. The van der Waals surface area contributed by atoms with Crippen LogP contribution in [0, 0.1) is 5.92 Å². The van der Waals surface area contributed by atoms with E-state index in [0.29, 0.717) is 11.8 Å². The fourth-order valence-electron chi connectivity index (χ4n) is 3.22. The van der Waals surface area contributed by atoms with Gasteiger partial charge in [-0.1, -0.05) is 13.0 Å². The van der Waals surface area contributed by atoms with Gasteiger partial charge in [0.25, 0.3) is 0 Å². The first kappa shape index (κ1) is 17.0. The zero-order valence-electron chi connectivity index (χ0n) is 14.4. The average Bonchev–Trinajstić information content (AvgIpc) is 3.29. The molecule has 0 aromatic carbocycles. The Bertz CT molecular complexity index is 614. The highest BCUT2D eigenvalue weighted by molar-refractivity contribution is 7.09. The topological polar surface area (TPSA) is 69.2 Å². The van der Waals surface area contributed by atoms with Crippen molar-refractivity contribution in [1.82, 2.24) is 25.4 Å². The third-order valence-corrected chi connectivity index (χ3v) is 5.46. The van der Waals surface area contributed by atoms with Gasteiger partial charge < -0.3 is 10.2 Å². The highest BCUT2D eigenvalue weighted by atomic mass is 32.1. The van der Waals surface area contributed by atoms with E-state index in [9.17, 15) is 0 Å². The quantitative estimate of drug-likeness (QED) is 0.645. The van der Waals surface area contributed by atoms with Gasteiger partial charge in [0, 0.05) is 37.5 Å². The first-order chi connectivity index (χ1) is 11.8. The van der Waals surface area contributed by atoms with Crippen molar-refractivity contribution < 1.29 is 0 Å². The molecule has 3 rings (SSSR count). The zero-order valence-corrected chi connectivity index (χ0v) is 15.2. The van der Waals surface area contributed by atoms with Crippen LogP contribution in [0.4, 0.5) is 0 Å². The number of hydrogen-bond donors (Lipinski definition) is 2. The number of hydrogen-bond acceptors (Lipinski definition) is 4. The molecule has 0 saturated carbocycles. The maximum absolute atomic E-state index is 4.47. The summed E-state index contributed by atoms with van der Waals surface area (Å²) in [5.41, 5.74) is 0. The predicted octanol–water partition coefficient (Wildman–Crippen LogP) is 2.50. The van der Waals surface area contributed by atoms with E-state index in [1.807, 2.05) is 18.4 Å². The summed E-state index contributed by atoms with van der Waals surface area (Å²) in [7, 11) is 1.87. The van der Waals surface area contributed by atoms with Crippen molar-refractivity contribution in [3.8, 4) is 0 Å². The van der Waals surface area contributed by atoms with Crippen LogP contribution in [-0.4, -0.2) is 52.7 Å². The molecule has 2 N–H and O–H groups in total. The molecule has 6 nitrogen and oxygen atoms in total. The summed E-state index contributed by atoms with van der Waals surface area (Å²) in [5.74, 6) is 3.11. The van der Waals surface area contributed by atoms with Gasteiger partial charge in [0.05, 0.1) is 0 Å². The number of aromatic amines is 1. The Morgan fingerprint density at radius 2 is 2.33 bits per heavy atom. The van der Waals surface area contributed by atoms with Gasteiger partial charge in [0.2, 0.25) is 0 Å². The summed E-state index contributed by atoms with van der Waals surface area (Å²) >= 11 is 1.84. The summed E-state index contributed by atoms with van der Waals surface area (Å²) in [4.78, 5) is 12.6. The second-order valence-electron chi connectivity index (χ2n) is 6.45. The van der Waals surface area contributed by atoms with Crippen molar-refractivity contribution in [2.45, 2.75) is 32.1 Å². The number of likely N-dealkylation sites (tertiary alicyclic amines) is 1. The number of thiophene rings is 1. The molecule has 0 amide bonds. The molecule has 1 aliphatic heterocycles. The maximum atomic E-state index is 4.47. The monoisotopic (exact) mass is 346 g/mol. The van der Waals surface area contributed by atoms with Gasteiger partial charge in [-0.15, -0.1) is 11.3 Å². The third kappa shape index (κ3) is 4.35. The number of nitrogens with zero attached hydrogens (tertiary/aromatic N) is 4. The van der Waals surface area contributed by atoms with E-state index in [1.165, 1.54) is 4.88 Å². The van der Waals surface area contributed by atoms with Gasteiger partial charge in [0.15, 0.2) is 5.96 Å². The lowest BCUT2D eigenvalue weighted by molar-refractivity contribution is 0.297. The molecule has 3 heterocycles. The van der Waals surface area contributed by atoms with Crippen LogP contribution in [0.5, 0.6) is 0 Å². The van der Waals surface area contributed by atoms with Crippen molar-refractivity contribution in [2.24, 2.45) is 10.9 Å². The lowest BCUT2D eigenvalue weighted by Gasteiger charge is -2.33. The Kier molecular flexibility index (Phi) is 5.85. The van der Waals surface area contributed by atoms with E-state index in [1.54, 1.807) is 6.33 Å². The van der Waals surface area contributed by atoms with Crippen LogP contribution in [-0.2, 0) is 6.42 Å². The number of piperidine rings is 1. The zero-order chi connectivity index (χ0) is 16.8. The van der Waals surface area contributed by atoms with Gasteiger partial charge in [0.1, 0.15) is 12.2 Å². The van der Waals surface area contributed by atoms with Crippen LogP contribution in [0.1, 0.15) is 36.4 Å². The van der Waals surface area contributed by atoms with Gasteiger partial charge >= 0.3 is 0 Å². The second kappa shape index (κ2) is 8.28. The largest absolute Gasteiger partial charge is 0.356 e. The van der Waals surface area contributed by atoms with Crippen LogP contribution < -0.4 is 5.32 Å². The van der Waals surface area contributed by atoms with Gasteiger partial charge in [-0.2, -0.15) is 5.10 Å². The number of aliphatic imine (C=N–C) groups is 1. The second-order valence-corrected chi connectivity index (χ2v) is 7.48. The molecular weight excluding hydrogens is 320 g/mol. The summed E-state index contributed by atoms with van der Waals surface area (Å²) in [5, 5.41) is 12.7. The third-order valence-electron chi connectivity index (χ3n) is 4.57.